The van der Waals surface area contributed by atoms with E-state index in [0.717, 1.165) is 39.0 Å². The first-order valence-electron chi connectivity index (χ1n) is 9.40. The van der Waals surface area contributed by atoms with Crippen molar-refractivity contribution in [2.75, 3.05) is 59.5 Å². The zero-order valence-corrected chi connectivity index (χ0v) is 15.9. The van der Waals surface area contributed by atoms with Gasteiger partial charge in [0.05, 0.1) is 13.2 Å². The predicted molar refractivity (Wildman–Crippen MR) is 99.8 cm³/mol. The fourth-order valence-corrected chi connectivity index (χ4v) is 3.28. The van der Waals surface area contributed by atoms with Crippen LogP contribution in [0.2, 0.25) is 0 Å². The third-order valence-electron chi connectivity index (χ3n) is 5.06. The van der Waals surface area contributed by atoms with Crippen LogP contribution in [0, 0.1) is 0 Å². The van der Waals surface area contributed by atoms with Gasteiger partial charge in [0, 0.05) is 51.4 Å². The third-order valence-corrected chi connectivity index (χ3v) is 5.06. The zero-order valence-electron chi connectivity index (χ0n) is 15.9. The lowest BCUT2D eigenvalue weighted by Gasteiger charge is -2.36. The van der Waals surface area contributed by atoms with E-state index < -0.39 is 0 Å². The minimum atomic E-state index is -0.219. The molecule has 1 unspecified atom stereocenters. The van der Waals surface area contributed by atoms with Gasteiger partial charge in [-0.1, -0.05) is 0 Å². The van der Waals surface area contributed by atoms with Crippen molar-refractivity contribution in [2.45, 2.75) is 38.8 Å². The molecule has 0 aromatic carbocycles. The van der Waals surface area contributed by atoms with Gasteiger partial charge in [0.2, 0.25) is 0 Å². The number of nitrogens with zero attached hydrogens (tertiary/aromatic N) is 4. The van der Waals surface area contributed by atoms with Gasteiger partial charge in [-0.15, -0.1) is 0 Å². The van der Waals surface area contributed by atoms with E-state index >= 15 is 0 Å². The van der Waals surface area contributed by atoms with Crippen LogP contribution in [0.1, 0.15) is 26.7 Å². The van der Waals surface area contributed by atoms with Crippen molar-refractivity contribution >= 4 is 12.1 Å². The van der Waals surface area contributed by atoms with Crippen LogP contribution in [0.3, 0.4) is 0 Å². The Labute approximate surface area is 151 Å². The average Bonchev–Trinajstić information content (AvgIpc) is 2.61. The van der Waals surface area contributed by atoms with Gasteiger partial charge in [0.15, 0.2) is 5.96 Å². The Kier molecular flexibility index (Phi) is 7.77. The number of aliphatic imine (C=N–C) groups is 1. The first kappa shape index (κ1) is 19.8. The Balaban J connectivity index is 1.68. The number of guanidine groups is 1. The topological polar surface area (TPSA) is 86.4 Å². The summed E-state index contributed by atoms with van der Waals surface area (Å²) in [4.78, 5) is 22.8. The van der Waals surface area contributed by atoms with Crippen LogP contribution in [0.4, 0.5) is 4.79 Å². The summed E-state index contributed by atoms with van der Waals surface area (Å²) in [5.41, 5.74) is 6.05. The highest BCUT2D eigenvalue weighted by Crippen LogP contribution is 2.11. The van der Waals surface area contributed by atoms with Crippen LogP contribution in [-0.2, 0) is 4.74 Å². The smallest absolute Gasteiger partial charge is 0.409 e. The minimum Gasteiger partial charge on any atom is -0.450 e. The molecule has 0 spiro atoms. The highest BCUT2D eigenvalue weighted by molar-refractivity contribution is 5.78. The Morgan fingerprint density at radius 3 is 2.48 bits per heavy atom. The molecule has 0 aromatic heterocycles. The highest BCUT2D eigenvalue weighted by Gasteiger charge is 2.24. The number of piperidine rings is 1. The molecule has 0 aliphatic carbocycles. The van der Waals surface area contributed by atoms with Gasteiger partial charge in [-0.25, -0.2) is 4.79 Å². The normalized spacial score (nSPS) is 22.7. The number of piperazine rings is 1. The van der Waals surface area contributed by atoms with E-state index in [1.165, 1.54) is 0 Å². The van der Waals surface area contributed by atoms with E-state index in [4.69, 9.17) is 10.5 Å². The van der Waals surface area contributed by atoms with Crippen molar-refractivity contribution in [3.05, 3.63) is 0 Å². The van der Waals surface area contributed by atoms with Gasteiger partial charge in [0.25, 0.3) is 0 Å². The molecule has 0 bridgehead atoms. The number of carbonyl (C=O) groups excluding carboxylic acids is 1. The third kappa shape index (κ3) is 6.36. The molecule has 0 saturated carbocycles. The Morgan fingerprint density at radius 2 is 1.88 bits per heavy atom. The summed E-state index contributed by atoms with van der Waals surface area (Å²) < 4.78 is 5.04. The first-order chi connectivity index (χ1) is 12.0. The molecule has 2 saturated heterocycles. The summed E-state index contributed by atoms with van der Waals surface area (Å²) in [5, 5.41) is 3.30. The summed E-state index contributed by atoms with van der Waals surface area (Å²) >= 11 is 0. The lowest BCUT2D eigenvalue weighted by molar-refractivity contribution is 0.0963. The number of hydrogen-bond acceptors (Lipinski definition) is 5. The monoisotopic (exact) mass is 354 g/mol. The van der Waals surface area contributed by atoms with Crippen LogP contribution in [0.5, 0.6) is 0 Å². The SMILES string of the molecule is CCOC(=O)N1CCC(NC(N)=NCC(C)N2CCN(C)CC2)CC1. The van der Waals surface area contributed by atoms with Crippen LogP contribution in [0.25, 0.3) is 0 Å². The molecule has 1 amide bonds. The number of rotatable bonds is 5. The summed E-state index contributed by atoms with van der Waals surface area (Å²) in [5.74, 6) is 0.510. The Hall–Kier alpha value is -1.54. The molecule has 2 aliphatic rings. The van der Waals surface area contributed by atoms with E-state index in [9.17, 15) is 4.79 Å². The molecular formula is C17H34N6O2. The number of nitrogens with one attached hydrogen (secondary N) is 1. The molecule has 2 heterocycles. The second kappa shape index (κ2) is 9.82. The summed E-state index contributed by atoms with van der Waals surface area (Å²) in [7, 11) is 2.16. The molecule has 1 atom stereocenters. The molecule has 0 aromatic rings. The van der Waals surface area contributed by atoms with E-state index in [-0.39, 0.29) is 12.1 Å². The molecule has 25 heavy (non-hydrogen) atoms. The average molecular weight is 354 g/mol. The van der Waals surface area contributed by atoms with Crippen LogP contribution in [-0.4, -0.2) is 98.3 Å². The number of hydrogen-bond donors (Lipinski definition) is 2. The molecule has 144 valence electrons. The molecule has 2 fully saturated rings. The van der Waals surface area contributed by atoms with Gasteiger partial charge >= 0.3 is 6.09 Å². The van der Waals surface area contributed by atoms with Gasteiger partial charge in [-0.3, -0.25) is 9.89 Å². The summed E-state index contributed by atoms with van der Waals surface area (Å²) in [6.45, 7) is 11.0. The number of likely N-dealkylation sites (N-methyl/N-ethyl adjacent to an activating group) is 1. The van der Waals surface area contributed by atoms with Crippen LogP contribution < -0.4 is 11.1 Å². The van der Waals surface area contributed by atoms with E-state index in [0.29, 0.717) is 38.2 Å². The highest BCUT2D eigenvalue weighted by atomic mass is 16.6. The number of ether oxygens (including phenoxy) is 1. The van der Waals surface area contributed by atoms with Gasteiger partial charge in [0.1, 0.15) is 0 Å². The Morgan fingerprint density at radius 1 is 1.24 bits per heavy atom. The molecule has 8 nitrogen and oxygen atoms in total. The molecular weight excluding hydrogens is 320 g/mol. The largest absolute Gasteiger partial charge is 0.450 e. The van der Waals surface area contributed by atoms with Crippen molar-refractivity contribution in [2.24, 2.45) is 10.7 Å². The van der Waals surface area contributed by atoms with Gasteiger partial charge < -0.3 is 25.6 Å². The quantitative estimate of drug-likeness (QED) is 0.540. The molecule has 8 heteroatoms. The Bertz CT molecular complexity index is 442. The number of amides is 1. The van der Waals surface area contributed by atoms with E-state index in [2.05, 4.69) is 34.1 Å². The van der Waals surface area contributed by atoms with Crippen LogP contribution in [0.15, 0.2) is 4.99 Å². The molecule has 2 aliphatic heterocycles. The maximum absolute atomic E-state index is 11.7. The maximum atomic E-state index is 11.7. The lowest BCUT2D eigenvalue weighted by atomic mass is 10.1. The number of carbonyl (C=O) groups is 1. The van der Waals surface area contributed by atoms with Gasteiger partial charge in [-0.2, -0.15) is 0 Å². The predicted octanol–water partition coefficient (Wildman–Crippen LogP) is 0.148. The molecule has 2 rings (SSSR count). The number of nitrogens with two attached hydrogens (primary N) is 1. The summed E-state index contributed by atoms with van der Waals surface area (Å²) in [6, 6.07) is 0.674. The fourth-order valence-electron chi connectivity index (χ4n) is 3.28. The van der Waals surface area contributed by atoms with E-state index in [1.54, 1.807) is 4.90 Å². The maximum Gasteiger partial charge on any atom is 0.409 e. The van der Waals surface area contributed by atoms with Crippen molar-refractivity contribution in [1.82, 2.24) is 20.0 Å². The minimum absolute atomic E-state index is 0.219. The molecule has 0 radical (unpaired) electrons. The van der Waals surface area contributed by atoms with Crippen molar-refractivity contribution in [3.63, 3.8) is 0 Å². The van der Waals surface area contributed by atoms with Gasteiger partial charge in [-0.05, 0) is 33.7 Å². The fraction of sp³-hybridized carbons (Fsp3) is 0.882. The van der Waals surface area contributed by atoms with E-state index in [1.807, 2.05) is 6.92 Å². The second-order valence-corrected chi connectivity index (χ2v) is 7.02. The molecule has 3 N–H and O–H groups in total. The lowest BCUT2D eigenvalue weighted by Crippen LogP contribution is -2.50. The second-order valence-electron chi connectivity index (χ2n) is 7.02. The van der Waals surface area contributed by atoms with Crippen LogP contribution >= 0.6 is 0 Å². The first-order valence-corrected chi connectivity index (χ1v) is 9.40. The summed E-state index contributed by atoms with van der Waals surface area (Å²) in [6.07, 6.45) is 1.51. The zero-order chi connectivity index (χ0) is 18.2. The van der Waals surface area contributed by atoms with Crippen molar-refractivity contribution in [1.29, 1.82) is 0 Å². The van der Waals surface area contributed by atoms with Crippen molar-refractivity contribution < 1.29 is 9.53 Å². The standard InChI is InChI=1S/C17H34N6O2/c1-4-25-17(24)23-7-5-15(6-8-23)20-16(18)19-13-14(2)22-11-9-21(3)10-12-22/h14-15H,4-13H2,1-3H3,(H3,18,19,20). The number of likely N-dealkylation sites (tertiary alicyclic amines) is 1. The van der Waals surface area contributed by atoms with Crippen molar-refractivity contribution in [3.8, 4) is 0 Å².